The second kappa shape index (κ2) is 10.5. The zero-order chi connectivity index (χ0) is 26.8. The van der Waals surface area contributed by atoms with Gasteiger partial charge in [-0.15, -0.1) is 0 Å². The van der Waals surface area contributed by atoms with Crippen LogP contribution in [-0.2, 0) is 21.4 Å². The molecule has 0 unspecified atom stereocenters. The standard InChI is InChI=1S/C30H31ClN2O4/c1-20-6-8-21(9-7-20)19-33-26(24(32-28(33)31)14-15-29(2,3)37-5)25(34)18-30(16-17-30)23-12-10-22(11-13-23)27(35)36-4/h6-13H,16-19H2,1-5H3. The zero-order valence-electron chi connectivity index (χ0n) is 21.9. The first-order valence-corrected chi connectivity index (χ1v) is 12.6. The lowest BCUT2D eigenvalue weighted by Gasteiger charge is -2.17. The number of aromatic nitrogens is 2. The molecule has 0 saturated heterocycles. The van der Waals surface area contributed by atoms with Crippen molar-refractivity contribution < 1.29 is 19.1 Å². The summed E-state index contributed by atoms with van der Waals surface area (Å²) in [7, 11) is 2.95. The Morgan fingerprint density at radius 3 is 2.30 bits per heavy atom. The first kappa shape index (κ1) is 26.7. The van der Waals surface area contributed by atoms with Crippen LogP contribution in [0, 0.1) is 18.8 Å². The van der Waals surface area contributed by atoms with E-state index in [-0.39, 0.29) is 22.5 Å². The van der Waals surface area contributed by atoms with Crippen molar-refractivity contribution in [3.63, 3.8) is 0 Å². The number of carbonyl (C=O) groups excluding carboxylic acids is 2. The van der Waals surface area contributed by atoms with Crippen LogP contribution in [-0.4, -0.2) is 41.1 Å². The van der Waals surface area contributed by atoms with Gasteiger partial charge in [0.25, 0.3) is 0 Å². The van der Waals surface area contributed by atoms with Crippen molar-refractivity contribution in [1.82, 2.24) is 9.55 Å². The summed E-state index contributed by atoms with van der Waals surface area (Å²) >= 11 is 6.58. The topological polar surface area (TPSA) is 70.4 Å². The number of halogens is 1. The number of Topliss-reactive ketones (excluding diaryl/α,β-unsaturated/α-hetero) is 1. The Morgan fingerprint density at radius 2 is 1.73 bits per heavy atom. The Kier molecular flexibility index (Phi) is 7.59. The summed E-state index contributed by atoms with van der Waals surface area (Å²) in [5, 5.41) is 0.218. The van der Waals surface area contributed by atoms with Gasteiger partial charge in [0.1, 0.15) is 17.0 Å². The van der Waals surface area contributed by atoms with Crippen LogP contribution in [0.2, 0.25) is 5.28 Å². The minimum absolute atomic E-state index is 0.0689. The van der Waals surface area contributed by atoms with Crippen molar-refractivity contribution in [2.75, 3.05) is 14.2 Å². The number of nitrogens with zero attached hydrogens (tertiary/aromatic N) is 2. The summed E-state index contributed by atoms with van der Waals surface area (Å²) in [6.07, 6.45) is 2.06. The number of benzene rings is 2. The summed E-state index contributed by atoms with van der Waals surface area (Å²) in [4.78, 5) is 30.2. The van der Waals surface area contributed by atoms with E-state index in [4.69, 9.17) is 21.1 Å². The Bertz CT molecular complexity index is 1370. The Balaban J connectivity index is 1.69. The highest BCUT2D eigenvalue weighted by Crippen LogP contribution is 2.51. The number of ether oxygens (including phenoxy) is 2. The Hall–Kier alpha value is -3.40. The monoisotopic (exact) mass is 518 g/mol. The van der Waals surface area contributed by atoms with Gasteiger partial charge in [0.2, 0.25) is 5.28 Å². The van der Waals surface area contributed by atoms with Gasteiger partial charge in [-0.3, -0.25) is 4.79 Å². The van der Waals surface area contributed by atoms with Crippen LogP contribution in [0.3, 0.4) is 0 Å². The van der Waals surface area contributed by atoms with Crippen LogP contribution >= 0.6 is 11.6 Å². The fraction of sp³-hybridized carbons (Fsp3) is 0.367. The summed E-state index contributed by atoms with van der Waals surface area (Å²) in [5.41, 5.74) is 3.44. The number of imidazole rings is 1. The molecular weight excluding hydrogens is 488 g/mol. The predicted molar refractivity (Wildman–Crippen MR) is 143 cm³/mol. The van der Waals surface area contributed by atoms with Crippen molar-refractivity contribution in [2.24, 2.45) is 0 Å². The molecule has 7 heteroatoms. The van der Waals surface area contributed by atoms with Gasteiger partial charge in [0, 0.05) is 18.9 Å². The van der Waals surface area contributed by atoms with E-state index in [1.165, 1.54) is 7.11 Å². The maximum atomic E-state index is 13.9. The SMILES string of the molecule is COC(=O)c1ccc(C2(CC(=O)c3c(C#CC(C)(C)OC)nc(Cl)n3Cc3ccc(C)cc3)CC2)cc1. The summed E-state index contributed by atoms with van der Waals surface area (Å²) in [6.45, 7) is 6.14. The molecule has 1 aliphatic rings. The number of aryl methyl sites for hydroxylation is 1. The van der Waals surface area contributed by atoms with Crippen molar-refractivity contribution in [1.29, 1.82) is 0 Å². The van der Waals surface area contributed by atoms with Gasteiger partial charge in [0.05, 0.1) is 19.2 Å². The lowest BCUT2D eigenvalue weighted by Crippen LogP contribution is -2.20. The molecule has 4 rings (SSSR count). The van der Waals surface area contributed by atoms with Gasteiger partial charge < -0.3 is 14.0 Å². The molecule has 0 aliphatic heterocycles. The highest BCUT2D eigenvalue weighted by atomic mass is 35.5. The van der Waals surface area contributed by atoms with E-state index in [0.717, 1.165) is 29.5 Å². The van der Waals surface area contributed by atoms with Crippen LogP contribution in [0.25, 0.3) is 0 Å². The third kappa shape index (κ3) is 5.95. The van der Waals surface area contributed by atoms with Crippen molar-refractivity contribution in [3.8, 4) is 11.8 Å². The third-order valence-corrected chi connectivity index (χ3v) is 7.20. The molecule has 0 atom stereocenters. The van der Waals surface area contributed by atoms with Crippen LogP contribution in [0.1, 0.15) is 76.3 Å². The van der Waals surface area contributed by atoms with E-state index in [2.05, 4.69) is 16.8 Å². The quantitative estimate of drug-likeness (QED) is 0.215. The normalized spacial score (nSPS) is 14.0. The summed E-state index contributed by atoms with van der Waals surface area (Å²) < 4.78 is 12.0. The Labute approximate surface area is 223 Å². The van der Waals surface area contributed by atoms with Crippen molar-refractivity contribution >= 4 is 23.4 Å². The van der Waals surface area contributed by atoms with Crippen LogP contribution < -0.4 is 0 Å². The first-order valence-electron chi connectivity index (χ1n) is 12.2. The van der Waals surface area contributed by atoms with Crippen LogP contribution in [0.4, 0.5) is 0 Å². The molecule has 0 N–H and O–H groups in total. The van der Waals surface area contributed by atoms with Crippen molar-refractivity contribution in [2.45, 2.75) is 57.6 Å². The lowest BCUT2D eigenvalue weighted by atomic mass is 9.88. The third-order valence-electron chi connectivity index (χ3n) is 6.91. The number of hydrogen-bond acceptors (Lipinski definition) is 5. The molecule has 0 radical (unpaired) electrons. The van der Waals surface area contributed by atoms with Gasteiger partial charge in [-0.1, -0.05) is 47.9 Å². The minimum atomic E-state index is -0.702. The lowest BCUT2D eigenvalue weighted by molar-refractivity contribution is 0.0600. The first-order chi connectivity index (χ1) is 17.6. The number of hydrogen-bond donors (Lipinski definition) is 0. The average molecular weight is 519 g/mol. The molecular formula is C30H31ClN2O4. The van der Waals surface area contributed by atoms with Crippen molar-refractivity contribution in [3.05, 3.63) is 87.5 Å². The number of rotatable bonds is 8. The van der Waals surface area contributed by atoms with E-state index < -0.39 is 5.60 Å². The number of esters is 1. The second-order valence-corrected chi connectivity index (χ2v) is 10.4. The molecule has 3 aromatic rings. The molecule has 1 heterocycles. The smallest absolute Gasteiger partial charge is 0.337 e. The van der Waals surface area contributed by atoms with Gasteiger partial charge in [-0.25, -0.2) is 9.78 Å². The number of methoxy groups -OCH3 is 2. The zero-order valence-corrected chi connectivity index (χ0v) is 22.6. The Morgan fingerprint density at radius 1 is 1.08 bits per heavy atom. The fourth-order valence-electron chi connectivity index (χ4n) is 4.26. The summed E-state index contributed by atoms with van der Waals surface area (Å²) in [6, 6.07) is 15.4. The summed E-state index contributed by atoms with van der Waals surface area (Å²) in [5.74, 6) is 5.66. The van der Waals surface area contributed by atoms with E-state index in [1.54, 1.807) is 23.8 Å². The maximum absolute atomic E-state index is 13.9. The van der Waals surface area contributed by atoms with Gasteiger partial charge in [0.15, 0.2) is 5.78 Å². The van der Waals surface area contributed by atoms with Gasteiger partial charge >= 0.3 is 5.97 Å². The van der Waals surface area contributed by atoms with E-state index in [9.17, 15) is 9.59 Å². The molecule has 192 valence electrons. The predicted octanol–water partition coefficient (Wildman–Crippen LogP) is 5.76. The molecule has 1 aromatic heterocycles. The molecule has 37 heavy (non-hydrogen) atoms. The molecule has 1 fully saturated rings. The van der Waals surface area contributed by atoms with Crippen LogP contribution in [0.5, 0.6) is 0 Å². The largest absolute Gasteiger partial charge is 0.465 e. The molecule has 6 nitrogen and oxygen atoms in total. The molecule has 1 aliphatic carbocycles. The average Bonchev–Trinajstić information content (AvgIpc) is 3.60. The minimum Gasteiger partial charge on any atom is -0.465 e. The highest BCUT2D eigenvalue weighted by Gasteiger charge is 2.46. The second-order valence-electron chi connectivity index (χ2n) is 10.1. The molecule has 2 aromatic carbocycles. The molecule has 0 spiro atoms. The molecule has 1 saturated carbocycles. The molecule has 0 bridgehead atoms. The molecule has 0 amide bonds. The van der Waals surface area contributed by atoms with Gasteiger partial charge in [-0.05, 0) is 74.4 Å². The highest BCUT2D eigenvalue weighted by molar-refractivity contribution is 6.29. The number of carbonyl (C=O) groups is 2. The number of ketones is 1. The van der Waals surface area contributed by atoms with Gasteiger partial charge in [-0.2, -0.15) is 0 Å². The van der Waals surface area contributed by atoms with E-state index in [1.807, 2.05) is 57.2 Å². The van der Waals surface area contributed by atoms with E-state index >= 15 is 0 Å². The fourth-order valence-corrected chi connectivity index (χ4v) is 4.49. The van der Waals surface area contributed by atoms with E-state index in [0.29, 0.717) is 29.9 Å². The van der Waals surface area contributed by atoms with Crippen LogP contribution in [0.15, 0.2) is 48.5 Å². The maximum Gasteiger partial charge on any atom is 0.337 e.